The summed E-state index contributed by atoms with van der Waals surface area (Å²) in [5, 5.41) is 3.14. The van der Waals surface area contributed by atoms with Crippen LogP contribution >= 0.6 is 0 Å². The number of imidazole rings is 1. The lowest BCUT2D eigenvalue weighted by atomic mass is 9.92. The summed E-state index contributed by atoms with van der Waals surface area (Å²) in [5.74, 6) is 0.742. The number of hydrogen-bond donors (Lipinski definition) is 1. The summed E-state index contributed by atoms with van der Waals surface area (Å²) < 4.78 is 12.6. The van der Waals surface area contributed by atoms with Crippen molar-refractivity contribution in [3.8, 4) is 0 Å². The van der Waals surface area contributed by atoms with E-state index in [2.05, 4.69) is 22.4 Å². The number of nitrogens with one attached hydrogen (secondary N) is 1. The fourth-order valence-corrected chi connectivity index (χ4v) is 3.67. The first-order chi connectivity index (χ1) is 15.7. The molecule has 178 valence electrons. The zero-order valence-corrected chi connectivity index (χ0v) is 20.6. The van der Waals surface area contributed by atoms with Crippen LogP contribution in [0.15, 0.2) is 47.2 Å². The van der Waals surface area contributed by atoms with E-state index in [1.54, 1.807) is 18.0 Å². The van der Waals surface area contributed by atoms with Crippen LogP contribution in [0.1, 0.15) is 62.2 Å². The Morgan fingerprint density at radius 1 is 1.36 bits per heavy atom. The van der Waals surface area contributed by atoms with Crippen molar-refractivity contribution in [1.82, 2.24) is 14.9 Å². The van der Waals surface area contributed by atoms with Crippen LogP contribution in [0.2, 0.25) is 0 Å². The van der Waals surface area contributed by atoms with Gasteiger partial charge in [0.15, 0.2) is 11.5 Å². The molecule has 1 aliphatic rings. The van der Waals surface area contributed by atoms with Crippen molar-refractivity contribution in [3.05, 3.63) is 59.1 Å². The molecule has 2 aromatic rings. The predicted molar refractivity (Wildman–Crippen MR) is 131 cm³/mol. The minimum Gasteiger partial charge on any atom is -0.380 e. The second-order valence-corrected chi connectivity index (χ2v) is 9.18. The van der Waals surface area contributed by atoms with Crippen LogP contribution in [-0.2, 0) is 28.7 Å². The Hall–Kier alpha value is -2.77. The van der Waals surface area contributed by atoms with Gasteiger partial charge < -0.3 is 19.4 Å². The third-order valence-corrected chi connectivity index (χ3v) is 5.67. The van der Waals surface area contributed by atoms with E-state index in [1.165, 1.54) is 0 Å². The number of nitrogens with zero attached hydrogens (tertiary/aromatic N) is 3. The first-order valence-electron chi connectivity index (χ1n) is 11.5. The number of ether oxygens (including phenoxy) is 2. The van der Waals surface area contributed by atoms with Gasteiger partial charge in [-0.3, -0.25) is 4.79 Å². The van der Waals surface area contributed by atoms with E-state index in [9.17, 15) is 4.79 Å². The minimum atomic E-state index is -0.591. The van der Waals surface area contributed by atoms with Crippen molar-refractivity contribution in [2.45, 2.75) is 52.7 Å². The van der Waals surface area contributed by atoms with E-state index >= 15 is 0 Å². The standard InChI is InChI=1S/C26H36N4O3/c1-7-33-16-19-9-8-10-21(14-19)26(3,4)29-25(31)23-24(30(5)17-27-23)28-22(20-11-12-20)13-18(2)15-32-6/h8-10,13-14,17,20H,7,11-12,15-16H2,1-6H3,(H,29,31)/b18-13+,28-22?. The molecule has 0 atom stereocenters. The summed E-state index contributed by atoms with van der Waals surface area (Å²) in [6.07, 6.45) is 5.93. The number of aromatic nitrogens is 2. The third kappa shape index (κ3) is 6.62. The lowest BCUT2D eigenvalue weighted by molar-refractivity contribution is 0.0908. The molecule has 0 aliphatic heterocycles. The molecule has 1 aromatic heterocycles. The highest BCUT2D eigenvalue weighted by molar-refractivity contribution is 6.03. The molecule has 1 fully saturated rings. The maximum Gasteiger partial charge on any atom is 0.274 e. The number of methoxy groups -OCH3 is 1. The van der Waals surface area contributed by atoms with Gasteiger partial charge >= 0.3 is 0 Å². The van der Waals surface area contributed by atoms with E-state index in [4.69, 9.17) is 14.5 Å². The Morgan fingerprint density at radius 3 is 2.79 bits per heavy atom. The highest BCUT2D eigenvalue weighted by Gasteiger charge is 2.29. The maximum atomic E-state index is 13.3. The Bertz CT molecular complexity index is 1030. The quantitative estimate of drug-likeness (QED) is 0.502. The molecule has 3 rings (SSSR count). The van der Waals surface area contributed by atoms with E-state index in [1.807, 2.05) is 52.9 Å². The number of rotatable bonds is 11. The molecule has 33 heavy (non-hydrogen) atoms. The van der Waals surface area contributed by atoms with Crippen LogP contribution in [-0.4, -0.2) is 41.5 Å². The topological polar surface area (TPSA) is 77.7 Å². The first-order valence-corrected chi connectivity index (χ1v) is 11.5. The van der Waals surface area contributed by atoms with Gasteiger partial charge in [-0.25, -0.2) is 9.98 Å². The van der Waals surface area contributed by atoms with Crippen molar-refractivity contribution >= 4 is 17.4 Å². The summed E-state index contributed by atoms with van der Waals surface area (Å²) in [6, 6.07) is 8.11. The number of allylic oxidation sites excluding steroid dienone is 1. The van der Waals surface area contributed by atoms with Gasteiger partial charge in [-0.2, -0.15) is 0 Å². The summed E-state index contributed by atoms with van der Waals surface area (Å²) in [6.45, 7) is 9.75. The predicted octanol–water partition coefficient (Wildman–Crippen LogP) is 4.70. The van der Waals surface area contributed by atoms with E-state index in [-0.39, 0.29) is 5.91 Å². The third-order valence-electron chi connectivity index (χ3n) is 5.67. The lowest BCUT2D eigenvalue weighted by Gasteiger charge is -2.27. The fourth-order valence-electron chi connectivity index (χ4n) is 3.67. The molecule has 1 amide bonds. The minimum absolute atomic E-state index is 0.248. The number of aryl methyl sites for hydroxylation is 1. The van der Waals surface area contributed by atoms with E-state index < -0.39 is 5.54 Å². The van der Waals surface area contributed by atoms with Crippen LogP contribution in [0.5, 0.6) is 0 Å². The largest absolute Gasteiger partial charge is 0.380 e. The Balaban J connectivity index is 1.85. The van der Waals surface area contributed by atoms with Gasteiger partial charge in [0.2, 0.25) is 0 Å². The highest BCUT2D eigenvalue weighted by atomic mass is 16.5. The monoisotopic (exact) mass is 452 g/mol. The van der Waals surface area contributed by atoms with Crippen molar-refractivity contribution < 1.29 is 14.3 Å². The summed E-state index contributed by atoms with van der Waals surface area (Å²) in [7, 11) is 3.55. The van der Waals surface area contributed by atoms with Crippen molar-refractivity contribution in [1.29, 1.82) is 0 Å². The SMILES string of the molecule is CCOCc1cccc(C(C)(C)NC(=O)c2ncn(C)c2N=C(/C=C(\C)COC)C2CC2)c1. The smallest absolute Gasteiger partial charge is 0.274 e. The summed E-state index contributed by atoms with van der Waals surface area (Å²) in [4.78, 5) is 22.6. The molecule has 7 nitrogen and oxygen atoms in total. The van der Waals surface area contributed by atoms with Crippen LogP contribution in [0.4, 0.5) is 5.82 Å². The summed E-state index contributed by atoms with van der Waals surface area (Å²) in [5.41, 5.74) is 3.89. The molecule has 1 aromatic carbocycles. The van der Waals surface area contributed by atoms with Gasteiger partial charge in [-0.15, -0.1) is 0 Å². The molecule has 1 heterocycles. The Labute approximate surface area is 196 Å². The molecule has 1 N–H and O–H groups in total. The molecular weight excluding hydrogens is 416 g/mol. The average molecular weight is 453 g/mol. The van der Waals surface area contributed by atoms with E-state index in [0.717, 1.165) is 35.3 Å². The first kappa shape index (κ1) is 24.9. The molecule has 0 unspecified atom stereocenters. The zero-order chi connectivity index (χ0) is 24.0. The van der Waals surface area contributed by atoms with Crippen LogP contribution in [0, 0.1) is 5.92 Å². The van der Waals surface area contributed by atoms with Gasteiger partial charge in [0.05, 0.1) is 25.1 Å². The van der Waals surface area contributed by atoms with E-state index in [0.29, 0.717) is 37.3 Å². The second kappa shape index (κ2) is 10.9. The number of amides is 1. The normalized spacial score (nSPS) is 15.1. The molecular formula is C26H36N4O3. The van der Waals surface area contributed by atoms with Gasteiger partial charge in [0.25, 0.3) is 5.91 Å². The van der Waals surface area contributed by atoms with Gasteiger partial charge in [0, 0.05) is 32.4 Å². The van der Waals surface area contributed by atoms with Gasteiger partial charge in [0.1, 0.15) is 0 Å². The number of carbonyl (C=O) groups excluding carboxylic acids is 1. The molecule has 0 spiro atoms. The lowest BCUT2D eigenvalue weighted by Crippen LogP contribution is -2.41. The van der Waals surface area contributed by atoms with Crippen LogP contribution in [0.3, 0.4) is 0 Å². The average Bonchev–Trinajstić information content (AvgIpc) is 3.56. The molecule has 0 saturated heterocycles. The number of aliphatic imine (C=N–C) groups is 1. The number of benzene rings is 1. The molecule has 0 radical (unpaired) electrons. The van der Waals surface area contributed by atoms with Crippen molar-refractivity contribution in [2.75, 3.05) is 20.3 Å². The second-order valence-electron chi connectivity index (χ2n) is 9.18. The van der Waals surface area contributed by atoms with Crippen molar-refractivity contribution in [3.63, 3.8) is 0 Å². The molecule has 7 heteroatoms. The zero-order valence-electron chi connectivity index (χ0n) is 20.6. The Morgan fingerprint density at radius 2 is 2.12 bits per heavy atom. The van der Waals surface area contributed by atoms with Gasteiger partial charge in [-0.1, -0.05) is 24.3 Å². The number of hydrogen-bond acceptors (Lipinski definition) is 5. The fraction of sp³-hybridized carbons (Fsp3) is 0.500. The van der Waals surface area contributed by atoms with Crippen LogP contribution in [0.25, 0.3) is 0 Å². The number of carbonyl (C=O) groups is 1. The highest BCUT2D eigenvalue weighted by Crippen LogP contribution is 2.34. The maximum absolute atomic E-state index is 13.3. The molecule has 0 bridgehead atoms. The van der Waals surface area contributed by atoms with Gasteiger partial charge in [-0.05, 0) is 63.3 Å². The van der Waals surface area contributed by atoms with Crippen LogP contribution < -0.4 is 5.32 Å². The summed E-state index contributed by atoms with van der Waals surface area (Å²) >= 11 is 0. The molecule has 1 saturated carbocycles. The van der Waals surface area contributed by atoms with Crippen molar-refractivity contribution in [2.24, 2.45) is 18.0 Å². The Kier molecular flexibility index (Phi) is 8.21. The molecule has 1 aliphatic carbocycles.